The van der Waals surface area contributed by atoms with Crippen molar-refractivity contribution in [2.45, 2.75) is 37.5 Å². The van der Waals surface area contributed by atoms with Crippen LogP contribution in [0.25, 0.3) is 0 Å². The van der Waals surface area contributed by atoms with Crippen LogP contribution in [0.5, 0.6) is 0 Å². The van der Waals surface area contributed by atoms with Crippen LogP contribution >= 0.6 is 11.6 Å². The van der Waals surface area contributed by atoms with Crippen molar-refractivity contribution < 1.29 is 0 Å². The Kier molecular flexibility index (Phi) is 4.42. The second kappa shape index (κ2) is 6.45. The van der Waals surface area contributed by atoms with Gasteiger partial charge in [-0.15, -0.1) is 11.6 Å². The molecule has 20 heavy (non-hydrogen) atoms. The summed E-state index contributed by atoms with van der Waals surface area (Å²) in [5, 5.41) is 0.204. The zero-order valence-electron chi connectivity index (χ0n) is 11.8. The molecular formula is C19H21Cl. The van der Waals surface area contributed by atoms with Crippen molar-refractivity contribution in [2.75, 3.05) is 0 Å². The van der Waals surface area contributed by atoms with Crippen molar-refractivity contribution in [3.63, 3.8) is 0 Å². The Morgan fingerprint density at radius 2 is 1.70 bits per heavy atom. The van der Waals surface area contributed by atoms with E-state index in [4.69, 9.17) is 11.6 Å². The molecular weight excluding hydrogens is 264 g/mol. The quantitative estimate of drug-likeness (QED) is 0.646. The summed E-state index contributed by atoms with van der Waals surface area (Å²) in [6, 6.07) is 19.4. The van der Waals surface area contributed by atoms with E-state index in [-0.39, 0.29) is 5.38 Å². The van der Waals surface area contributed by atoms with Crippen LogP contribution in [0.2, 0.25) is 0 Å². The zero-order chi connectivity index (χ0) is 13.8. The van der Waals surface area contributed by atoms with Gasteiger partial charge in [-0.25, -0.2) is 0 Å². The van der Waals surface area contributed by atoms with E-state index in [0.717, 1.165) is 0 Å². The molecule has 0 heterocycles. The van der Waals surface area contributed by atoms with Gasteiger partial charge in [-0.05, 0) is 54.7 Å². The van der Waals surface area contributed by atoms with Gasteiger partial charge < -0.3 is 0 Å². The predicted octanol–water partition coefficient (Wildman–Crippen LogP) is 5.55. The normalized spacial score (nSPS) is 21.4. The third kappa shape index (κ3) is 3.07. The lowest BCUT2D eigenvalue weighted by atomic mass is 9.81. The standard InChI is InChI=1S/C19H21Cl/c20-19-17(11-6-9-15-7-2-1-3-8-15)14-13-16-10-4-5-12-18(16)19/h1-5,7-8,10,12,17,19H,6,9,11,13-14H2. The van der Waals surface area contributed by atoms with Gasteiger partial charge in [-0.2, -0.15) is 0 Å². The number of benzene rings is 2. The Balaban J connectivity index is 1.57. The first-order valence-corrected chi connectivity index (χ1v) is 8.04. The molecule has 1 aliphatic carbocycles. The smallest absolute Gasteiger partial charge is 0.0616 e. The summed E-state index contributed by atoms with van der Waals surface area (Å²) in [6.07, 6.45) is 6.06. The minimum Gasteiger partial charge on any atom is -0.118 e. The van der Waals surface area contributed by atoms with E-state index in [1.165, 1.54) is 48.8 Å². The summed E-state index contributed by atoms with van der Waals surface area (Å²) < 4.78 is 0. The van der Waals surface area contributed by atoms with Gasteiger partial charge in [0.1, 0.15) is 0 Å². The summed E-state index contributed by atoms with van der Waals surface area (Å²) in [5.74, 6) is 0.635. The third-order valence-corrected chi connectivity index (χ3v) is 5.03. The highest BCUT2D eigenvalue weighted by molar-refractivity contribution is 6.21. The Labute approximate surface area is 126 Å². The summed E-state index contributed by atoms with van der Waals surface area (Å²) >= 11 is 6.69. The SMILES string of the molecule is ClC1c2ccccc2CCC1CCCc1ccccc1. The van der Waals surface area contributed by atoms with E-state index in [0.29, 0.717) is 5.92 Å². The molecule has 0 aromatic heterocycles. The molecule has 0 spiro atoms. The first-order valence-electron chi connectivity index (χ1n) is 7.60. The summed E-state index contributed by atoms with van der Waals surface area (Å²) in [5.41, 5.74) is 4.26. The van der Waals surface area contributed by atoms with Crippen molar-refractivity contribution in [2.24, 2.45) is 5.92 Å². The molecule has 1 aliphatic rings. The van der Waals surface area contributed by atoms with E-state index < -0.39 is 0 Å². The molecule has 104 valence electrons. The summed E-state index contributed by atoms with van der Waals surface area (Å²) in [4.78, 5) is 0. The van der Waals surface area contributed by atoms with Crippen molar-refractivity contribution >= 4 is 11.6 Å². The topological polar surface area (TPSA) is 0 Å². The number of fused-ring (bicyclic) bond motifs is 1. The molecule has 0 fully saturated rings. The second-order valence-corrected chi connectivity index (χ2v) is 6.25. The highest BCUT2D eigenvalue weighted by Gasteiger charge is 2.26. The average Bonchev–Trinajstić information content (AvgIpc) is 2.51. The van der Waals surface area contributed by atoms with Crippen LogP contribution < -0.4 is 0 Å². The summed E-state index contributed by atoms with van der Waals surface area (Å²) in [7, 11) is 0. The number of hydrogen-bond acceptors (Lipinski definition) is 0. The minimum atomic E-state index is 0.204. The monoisotopic (exact) mass is 284 g/mol. The first-order chi connectivity index (χ1) is 9.84. The average molecular weight is 285 g/mol. The highest BCUT2D eigenvalue weighted by atomic mass is 35.5. The molecule has 1 heteroatoms. The van der Waals surface area contributed by atoms with Crippen LogP contribution in [0.3, 0.4) is 0 Å². The maximum absolute atomic E-state index is 6.69. The molecule has 2 unspecified atom stereocenters. The highest BCUT2D eigenvalue weighted by Crippen LogP contribution is 2.41. The van der Waals surface area contributed by atoms with E-state index in [1.54, 1.807) is 0 Å². The second-order valence-electron chi connectivity index (χ2n) is 5.78. The fraction of sp³-hybridized carbons (Fsp3) is 0.368. The number of hydrogen-bond donors (Lipinski definition) is 0. The van der Waals surface area contributed by atoms with E-state index >= 15 is 0 Å². The Morgan fingerprint density at radius 3 is 2.55 bits per heavy atom. The molecule has 0 bridgehead atoms. The molecule has 0 saturated heterocycles. The van der Waals surface area contributed by atoms with E-state index in [2.05, 4.69) is 54.6 Å². The van der Waals surface area contributed by atoms with Gasteiger partial charge in [0.25, 0.3) is 0 Å². The molecule has 2 atom stereocenters. The number of alkyl halides is 1. The fourth-order valence-corrected chi connectivity index (χ4v) is 3.74. The van der Waals surface area contributed by atoms with Crippen LogP contribution in [-0.2, 0) is 12.8 Å². The molecule has 0 nitrogen and oxygen atoms in total. The molecule has 0 aliphatic heterocycles. The fourth-order valence-electron chi connectivity index (χ4n) is 3.28. The van der Waals surface area contributed by atoms with Gasteiger partial charge in [-0.1, -0.05) is 54.6 Å². The molecule has 2 aromatic carbocycles. The molecule has 0 amide bonds. The van der Waals surface area contributed by atoms with E-state index in [1.807, 2.05) is 0 Å². The maximum Gasteiger partial charge on any atom is 0.0616 e. The Bertz CT molecular complexity index is 547. The predicted molar refractivity (Wildman–Crippen MR) is 86.2 cm³/mol. The van der Waals surface area contributed by atoms with Crippen molar-refractivity contribution in [1.29, 1.82) is 0 Å². The number of aryl methyl sites for hydroxylation is 2. The van der Waals surface area contributed by atoms with Gasteiger partial charge in [0.15, 0.2) is 0 Å². The third-order valence-electron chi connectivity index (χ3n) is 4.43. The van der Waals surface area contributed by atoms with Gasteiger partial charge in [0.2, 0.25) is 0 Å². The van der Waals surface area contributed by atoms with Crippen molar-refractivity contribution in [1.82, 2.24) is 0 Å². The minimum absolute atomic E-state index is 0.204. The van der Waals surface area contributed by atoms with Gasteiger partial charge in [0, 0.05) is 0 Å². The number of rotatable bonds is 4. The van der Waals surface area contributed by atoms with E-state index in [9.17, 15) is 0 Å². The lowest BCUT2D eigenvalue weighted by Crippen LogP contribution is -2.17. The molecule has 3 rings (SSSR count). The van der Waals surface area contributed by atoms with Crippen molar-refractivity contribution in [3.05, 3.63) is 71.3 Å². The van der Waals surface area contributed by atoms with Crippen LogP contribution in [0.15, 0.2) is 54.6 Å². The molecule has 0 N–H and O–H groups in total. The van der Waals surface area contributed by atoms with Crippen LogP contribution in [0.4, 0.5) is 0 Å². The van der Waals surface area contributed by atoms with Gasteiger partial charge >= 0.3 is 0 Å². The molecule has 0 radical (unpaired) electrons. The number of halogens is 1. The van der Waals surface area contributed by atoms with Crippen LogP contribution in [0.1, 0.15) is 41.3 Å². The zero-order valence-corrected chi connectivity index (χ0v) is 12.5. The first kappa shape index (κ1) is 13.7. The molecule has 0 saturated carbocycles. The molecule has 2 aromatic rings. The van der Waals surface area contributed by atoms with Gasteiger partial charge in [0.05, 0.1) is 5.38 Å². The lowest BCUT2D eigenvalue weighted by molar-refractivity contribution is 0.403. The Hall–Kier alpha value is -1.27. The van der Waals surface area contributed by atoms with Gasteiger partial charge in [-0.3, -0.25) is 0 Å². The maximum atomic E-state index is 6.69. The largest absolute Gasteiger partial charge is 0.118 e. The van der Waals surface area contributed by atoms with Crippen LogP contribution in [-0.4, -0.2) is 0 Å². The van der Waals surface area contributed by atoms with Crippen molar-refractivity contribution in [3.8, 4) is 0 Å². The van der Waals surface area contributed by atoms with Crippen LogP contribution in [0, 0.1) is 5.92 Å². The Morgan fingerprint density at radius 1 is 0.950 bits per heavy atom. The lowest BCUT2D eigenvalue weighted by Gasteiger charge is -2.29. The summed E-state index contributed by atoms with van der Waals surface area (Å²) in [6.45, 7) is 0.